The third kappa shape index (κ3) is 4.65. The topological polar surface area (TPSA) is 17.8 Å². The molecular weight excluding hydrogens is 474 g/mol. The van der Waals surface area contributed by atoms with E-state index in [0.29, 0.717) is 24.8 Å². The van der Waals surface area contributed by atoms with Crippen molar-refractivity contribution in [2.24, 2.45) is 0 Å². The molecule has 0 fully saturated rings. The van der Waals surface area contributed by atoms with Crippen molar-refractivity contribution in [2.75, 3.05) is 0 Å². The van der Waals surface area contributed by atoms with E-state index in [0.717, 1.165) is 26.9 Å². The van der Waals surface area contributed by atoms with Gasteiger partial charge in [-0.25, -0.2) is 0 Å². The van der Waals surface area contributed by atoms with Crippen LogP contribution in [0.5, 0.6) is 0 Å². The number of aromatic nitrogens is 2. The van der Waals surface area contributed by atoms with Gasteiger partial charge in [0.1, 0.15) is 0 Å². The molecule has 6 heteroatoms. The number of benzene rings is 2. The fourth-order valence-corrected chi connectivity index (χ4v) is 6.64. The normalized spacial score (nSPS) is 12.3. The molecule has 1 heterocycles. The van der Waals surface area contributed by atoms with Crippen LogP contribution in [0.25, 0.3) is 0 Å². The molecule has 3 aromatic rings. The van der Waals surface area contributed by atoms with Crippen molar-refractivity contribution in [2.45, 2.75) is 16.7 Å². The Bertz CT molecular complexity index is 809. The summed E-state index contributed by atoms with van der Waals surface area (Å²) >= 11 is 16.5. The van der Waals surface area contributed by atoms with E-state index in [1.54, 1.807) is 6.20 Å². The molecule has 1 aromatic heterocycles. The molecule has 24 heavy (non-hydrogen) atoms. The molecule has 2 aromatic carbocycles. The van der Waals surface area contributed by atoms with Gasteiger partial charge in [-0.1, -0.05) is 0 Å². The van der Waals surface area contributed by atoms with Crippen LogP contribution in [-0.4, -0.2) is 24.5 Å². The van der Waals surface area contributed by atoms with Crippen molar-refractivity contribution in [3.05, 3.63) is 86.8 Å². The molecule has 124 valence electrons. The molecule has 1 atom stereocenters. The SMILES string of the molecule is Clc1ccc(C(Cn2ccnc2)[Se]Cc2ccccc2Br)c(Cl)c1. The first-order chi connectivity index (χ1) is 11.6. The zero-order valence-corrected chi connectivity index (χ0v) is 17.5. The monoisotopic (exact) mass is 488 g/mol. The van der Waals surface area contributed by atoms with E-state index in [2.05, 4.69) is 43.7 Å². The molecule has 0 radical (unpaired) electrons. The van der Waals surface area contributed by atoms with Gasteiger partial charge in [0.15, 0.2) is 0 Å². The minimum atomic E-state index is 0.339. The van der Waals surface area contributed by atoms with Gasteiger partial charge in [0.05, 0.1) is 0 Å². The average Bonchev–Trinajstić information content (AvgIpc) is 3.06. The Kier molecular flexibility index (Phi) is 6.43. The van der Waals surface area contributed by atoms with Crippen molar-refractivity contribution in [1.29, 1.82) is 0 Å². The summed E-state index contributed by atoms with van der Waals surface area (Å²) in [5.41, 5.74) is 2.49. The summed E-state index contributed by atoms with van der Waals surface area (Å²) in [6.45, 7) is 0.867. The molecule has 0 bridgehead atoms. The number of hydrogen-bond donors (Lipinski definition) is 0. The first-order valence-electron chi connectivity index (χ1n) is 7.39. The molecule has 0 saturated carbocycles. The predicted molar refractivity (Wildman–Crippen MR) is 105 cm³/mol. The first kappa shape index (κ1) is 18.0. The van der Waals surface area contributed by atoms with E-state index in [-0.39, 0.29) is 0 Å². The van der Waals surface area contributed by atoms with Crippen LogP contribution in [0, 0.1) is 0 Å². The molecule has 0 saturated heterocycles. The van der Waals surface area contributed by atoms with Crippen LogP contribution in [0.3, 0.4) is 0 Å². The molecule has 0 spiro atoms. The van der Waals surface area contributed by atoms with Crippen molar-refractivity contribution in [1.82, 2.24) is 9.55 Å². The molecule has 0 N–H and O–H groups in total. The molecule has 0 amide bonds. The number of imidazole rings is 1. The van der Waals surface area contributed by atoms with Gasteiger partial charge in [0, 0.05) is 0 Å². The van der Waals surface area contributed by atoms with E-state index in [9.17, 15) is 0 Å². The maximum absolute atomic E-state index is 6.47. The maximum atomic E-state index is 6.47. The van der Waals surface area contributed by atoms with Gasteiger partial charge < -0.3 is 0 Å². The van der Waals surface area contributed by atoms with Crippen molar-refractivity contribution in [3.63, 3.8) is 0 Å². The number of halogens is 3. The van der Waals surface area contributed by atoms with Gasteiger partial charge in [-0.05, 0) is 0 Å². The third-order valence-corrected chi connectivity index (χ3v) is 7.67. The Hall–Kier alpha value is -0.771. The van der Waals surface area contributed by atoms with Gasteiger partial charge in [-0.15, -0.1) is 0 Å². The molecule has 0 aliphatic rings. The van der Waals surface area contributed by atoms with Crippen LogP contribution >= 0.6 is 39.1 Å². The Balaban J connectivity index is 1.83. The summed E-state index contributed by atoms with van der Waals surface area (Å²) < 4.78 is 3.27. The van der Waals surface area contributed by atoms with E-state index in [1.807, 2.05) is 36.8 Å². The van der Waals surface area contributed by atoms with Crippen LogP contribution in [0.1, 0.15) is 15.9 Å². The van der Waals surface area contributed by atoms with E-state index < -0.39 is 0 Å². The Morgan fingerprint density at radius 2 is 2.00 bits per heavy atom. The summed E-state index contributed by atoms with van der Waals surface area (Å²) in [7, 11) is 0. The fraction of sp³-hybridized carbons (Fsp3) is 0.167. The van der Waals surface area contributed by atoms with E-state index in [1.165, 1.54) is 5.56 Å². The molecule has 2 nitrogen and oxygen atoms in total. The standard InChI is InChI=1S/C18H15BrCl2N2Se/c19-16-4-2-1-3-13(16)11-24-18(10-23-8-7-22-12-23)15-6-5-14(20)9-17(15)21/h1-9,12,18H,10-11H2. The average molecular weight is 489 g/mol. The number of hydrogen-bond acceptors (Lipinski definition) is 1. The number of rotatable bonds is 6. The van der Waals surface area contributed by atoms with Crippen LogP contribution in [0.2, 0.25) is 10.0 Å². The fourth-order valence-electron chi connectivity index (χ4n) is 2.40. The Morgan fingerprint density at radius 3 is 2.71 bits per heavy atom. The van der Waals surface area contributed by atoms with Gasteiger partial charge in [0.25, 0.3) is 0 Å². The van der Waals surface area contributed by atoms with Gasteiger partial charge in [0.2, 0.25) is 0 Å². The van der Waals surface area contributed by atoms with Crippen molar-refractivity contribution >= 4 is 54.1 Å². The minimum absolute atomic E-state index is 0.339. The van der Waals surface area contributed by atoms with Crippen LogP contribution in [0.4, 0.5) is 0 Å². The Labute approximate surface area is 166 Å². The van der Waals surface area contributed by atoms with Crippen LogP contribution < -0.4 is 0 Å². The summed E-state index contributed by atoms with van der Waals surface area (Å²) in [6.07, 6.45) is 5.65. The molecular formula is C18H15BrCl2N2Se. The molecule has 1 unspecified atom stereocenters. The third-order valence-electron chi connectivity index (χ3n) is 3.64. The van der Waals surface area contributed by atoms with Crippen LogP contribution in [0.15, 0.2) is 65.7 Å². The first-order valence-corrected chi connectivity index (χ1v) is 11.1. The molecule has 0 aliphatic carbocycles. The summed E-state index contributed by atoms with van der Waals surface area (Å²) in [6, 6.07) is 14.2. The van der Waals surface area contributed by atoms with Gasteiger partial charge >= 0.3 is 167 Å². The number of nitrogens with zero attached hydrogens (tertiary/aromatic N) is 2. The zero-order valence-electron chi connectivity index (χ0n) is 12.7. The quantitative estimate of drug-likeness (QED) is 0.413. The second-order valence-electron chi connectivity index (χ2n) is 5.32. The Morgan fingerprint density at radius 1 is 1.17 bits per heavy atom. The molecule has 3 rings (SSSR count). The second-order valence-corrected chi connectivity index (χ2v) is 9.51. The zero-order chi connectivity index (χ0) is 16.9. The van der Waals surface area contributed by atoms with E-state index >= 15 is 0 Å². The van der Waals surface area contributed by atoms with E-state index in [4.69, 9.17) is 23.2 Å². The summed E-state index contributed by atoms with van der Waals surface area (Å²) in [5, 5.41) is 2.44. The molecule has 0 aliphatic heterocycles. The van der Waals surface area contributed by atoms with Gasteiger partial charge in [-0.2, -0.15) is 0 Å². The van der Waals surface area contributed by atoms with Crippen molar-refractivity contribution in [3.8, 4) is 0 Å². The van der Waals surface area contributed by atoms with Crippen LogP contribution in [-0.2, 0) is 11.9 Å². The predicted octanol–water partition coefficient (Wildman–Crippen LogP) is 5.60. The second kappa shape index (κ2) is 8.55. The summed E-state index contributed by atoms with van der Waals surface area (Å²) in [5.74, 6) is 0. The van der Waals surface area contributed by atoms with Gasteiger partial charge in [-0.3, -0.25) is 0 Å². The van der Waals surface area contributed by atoms with Crippen molar-refractivity contribution < 1.29 is 0 Å². The summed E-state index contributed by atoms with van der Waals surface area (Å²) in [4.78, 5) is 4.50.